The first-order valence-corrected chi connectivity index (χ1v) is 8.76. The van der Waals surface area contributed by atoms with E-state index in [-0.39, 0.29) is 11.9 Å². The Balaban J connectivity index is 0.00000109. The van der Waals surface area contributed by atoms with E-state index in [0.29, 0.717) is 0 Å². The Morgan fingerprint density at radius 2 is 1.88 bits per heavy atom. The molecule has 0 fully saturated rings. The minimum Gasteiger partial charge on any atom is -0.273 e. The lowest BCUT2D eigenvalue weighted by Gasteiger charge is -2.20. The summed E-state index contributed by atoms with van der Waals surface area (Å²) in [5.74, 6) is -0.0371. The third kappa shape index (κ3) is 4.05. The van der Waals surface area contributed by atoms with Crippen LogP contribution in [0, 0.1) is 6.92 Å². The Hall–Kier alpha value is -2.68. The monoisotopic (exact) mass is 334 g/mol. The first-order valence-electron chi connectivity index (χ1n) is 8.76. The van der Waals surface area contributed by atoms with Gasteiger partial charge in [-0.3, -0.25) is 4.79 Å². The summed E-state index contributed by atoms with van der Waals surface area (Å²) in [6.07, 6.45) is 2.58. The number of amides is 1. The van der Waals surface area contributed by atoms with E-state index in [1.807, 2.05) is 50.3 Å². The number of benzene rings is 2. The van der Waals surface area contributed by atoms with E-state index >= 15 is 0 Å². The SMILES string of the molecule is C=Cc1cc(C2=NN(C(C)=O)C(c3ccccc3)C2)ccc1C.CC. The number of hydrazone groups is 1. The molecule has 1 atom stereocenters. The summed E-state index contributed by atoms with van der Waals surface area (Å²) < 4.78 is 0. The van der Waals surface area contributed by atoms with Crippen molar-refractivity contribution >= 4 is 17.7 Å². The van der Waals surface area contributed by atoms with Gasteiger partial charge in [-0.1, -0.05) is 69.0 Å². The summed E-state index contributed by atoms with van der Waals surface area (Å²) in [5, 5.41) is 6.18. The molecule has 0 spiro atoms. The van der Waals surface area contributed by atoms with Crippen LogP contribution in [0.2, 0.25) is 0 Å². The van der Waals surface area contributed by atoms with E-state index in [0.717, 1.165) is 28.8 Å². The van der Waals surface area contributed by atoms with Crippen molar-refractivity contribution in [1.82, 2.24) is 5.01 Å². The largest absolute Gasteiger partial charge is 0.273 e. The van der Waals surface area contributed by atoms with Crippen LogP contribution in [-0.2, 0) is 4.79 Å². The van der Waals surface area contributed by atoms with Crippen molar-refractivity contribution in [2.24, 2.45) is 5.10 Å². The molecule has 0 saturated carbocycles. The summed E-state index contributed by atoms with van der Waals surface area (Å²) >= 11 is 0. The normalized spacial score (nSPS) is 15.9. The van der Waals surface area contributed by atoms with E-state index in [1.54, 1.807) is 11.9 Å². The summed E-state index contributed by atoms with van der Waals surface area (Å²) in [4.78, 5) is 12.0. The van der Waals surface area contributed by atoms with E-state index in [1.165, 1.54) is 5.56 Å². The van der Waals surface area contributed by atoms with Gasteiger partial charge in [-0.25, -0.2) is 5.01 Å². The second-order valence-corrected chi connectivity index (χ2v) is 5.82. The molecule has 0 aromatic heterocycles. The highest BCUT2D eigenvalue weighted by molar-refractivity contribution is 6.03. The summed E-state index contributed by atoms with van der Waals surface area (Å²) in [6.45, 7) is 11.5. The quantitative estimate of drug-likeness (QED) is 0.743. The molecule has 3 nitrogen and oxygen atoms in total. The maximum Gasteiger partial charge on any atom is 0.240 e. The minimum atomic E-state index is -0.0371. The van der Waals surface area contributed by atoms with Crippen molar-refractivity contribution in [2.75, 3.05) is 0 Å². The third-order valence-electron chi connectivity index (χ3n) is 4.25. The van der Waals surface area contributed by atoms with Gasteiger partial charge < -0.3 is 0 Å². The smallest absolute Gasteiger partial charge is 0.240 e. The van der Waals surface area contributed by atoms with Gasteiger partial charge in [-0.15, -0.1) is 0 Å². The van der Waals surface area contributed by atoms with Crippen LogP contribution in [0.4, 0.5) is 0 Å². The molecule has 1 aliphatic heterocycles. The van der Waals surface area contributed by atoms with Gasteiger partial charge in [0.25, 0.3) is 0 Å². The Labute approximate surface area is 150 Å². The maximum atomic E-state index is 12.0. The predicted molar refractivity (Wildman–Crippen MR) is 105 cm³/mol. The topological polar surface area (TPSA) is 32.7 Å². The van der Waals surface area contributed by atoms with Gasteiger partial charge in [0.2, 0.25) is 5.91 Å². The van der Waals surface area contributed by atoms with Gasteiger partial charge in [-0.2, -0.15) is 5.10 Å². The zero-order valence-electron chi connectivity index (χ0n) is 15.5. The number of hydrogen-bond acceptors (Lipinski definition) is 2. The van der Waals surface area contributed by atoms with Crippen LogP contribution < -0.4 is 0 Å². The lowest BCUT2D eigenvalue weighted by molar-refractivity contribution is -0.130. The van der Waals surface area contributed by atoms with Gasteiger partial charge in [-0.05, 0) is 35.2 Å². The average molecular weight is 334 g/mol. The maximum absolute atomic E-state index is 12.0. The number of carbonyl (C=O) groups excluding carboxylic acids is 1. The van der Waals surface area contributed by atoms with Crippen LogP contribution in [0.5, 0.6) is 0 Å². The fourth-order valence-electron chi connectivity index (χ4n) is 2.95. The fraction of sp³-hybridized carbons (Fsp3) is 0.273. The number of nitrogens with zero attached hydrogens (tertiary/aromatic N) is 2. The Morgan fingerprint density at radius 3 is 2.48 bits per heavy atom. The highest BCUT2D eigenvalue weighted by Crippen LogP contribution is 2.33. The summed E-state index contributed by atoms with van der Waals surface area (Å²) in [5.41, 5.74) is 5.39. The second-order valence-electron chi connectivity index (χ2n) is 5.82. The molecular formula is C22H26N2O. The third-order valence-corrected chi connectivity index (χ3v) is 4.25. The average Bonchev–Trinajstić information content (AvgIpc) is 3.10. The molecule has 0 saturated heterocycles. The van der Waals surface area contributed by atoms with Crippen LogP contribution >= 0.6 is 0 Å². The number of carbonyl (C=O) groups is 1. The lowest BCUT2D eigenvalue weighted by atomic mass is 9.96. The molecule has 3 heteroatoms. The molecule has 0 N–H and O–H groups in total. The molecule has 1 amide bonds. The molecule has 1 unspecified atom stereocenters. The standard InChI is InChI=1S/C20H20N2O.C2H6/c1-4-16-12-18(11-10-14(16)2)19-13-20(22(21-19)15(3)23)17-8-6-5-7-9-17;1-2/h4-12,20H,1,13H2,2-3H3;1-2H3. The molecule has 3 rings (SSSR count). The van der Waals surface area contributed by atoms with Crippen LogP contribution in [0.25, 0.3) is 6.08 Å². The van der Waals surface area contributed by atoms with Gasteiger partial charge in [0.15, 0.2) is 0 Å². The second kappa shape index (κ2) is 8.43. The number of aryl methyl sites for hydroxylation is 1. The van der Waals surface area contributed by atoms with Crippen molar-refractivity contribution in [3.8, 4) is 0 Å². The zero-order chi connectivity index (χ0) is 18.4. The zero-order valence-corrected chi connectivity index (χ0v) is 15.5. The molecule has 0 bridgehead atoms. The predicted octanol–water partition coefficient (Wildman–Crippen LogP) is 5.36. The Bertz CT molecular complexity index is 778. The molecule has 0 aliphatic carbocycles. The van der Waals surface area contributed by atoms with Crippen LogP contribution in [-0.4, -0.2) is 16.6 Å². The Kier molecular flexibility index (Phi) is 6.29. The Morgan fingerprint density at radius 1 is 1.20 bits per heavy atom. The highest BCUT2D eigenvalue weighted by atomic mass is 16.2. The summed E-state index contributed by atoms with van der Waals surface area (Å²) in [7, 11) is 0. The van der Waals surface area contributed by atoms with Crippen molar-refractivity contribution < 1.29 is 4.79 Å². The first kappa shape index (κ1) is 18.7. The van der Waals surface area contributed by atoms with E-state index in [2.05, 4.69) is 36.8 Å². The number of hydrogen-bond donors (Lipinski definition) is 0. The first-order chi connectivity index (χ1) is 12.1. The van der Waals surface area contributed by atoms with Gasteiger partial charge in [0.05, 0.1) is 11.8 Å². The molecular weight excluding hydrogens is 308 g/mol. The van der Waals surface area contributed by atoms with Crippen molar-refractivity contribution in [3.05, 3.63) is 77.4 Å². The van der Waals surface area contributed by atoms with Crippen LogP contribution in [0.3, 0.4) is 0 Å². The molecule has 25 heavy (non-hydrogen) atoms. The fourth-order valence-corrected chi connectivity index (χ4v) is 2.95. The van der Waals surface area contributed by atoms with Crippen LogP contribution in [0.1, 0.15) is 55.5 Å². The molecule has 2 aromatic rings. The minimum absolute atomic E-state index is 0.0304. The molecule has 0 radical (unpaired) electrons. The number of rotatable bonds is 3. The molecule has 1 heterocycles. The lowest BCUT2D eigenvalue weighted by Crippen LogP contribution is -2.24. The van der Waals surface area contributed by atoms with E-state index in [9.17, 15) is 4.79 Å². The molecule has 130 valence electrons. The van der Waals surface area contributed by atoms with Crippen molar-refractivity contribution in [2.45, 2.75) is 40.2 Å². The van der Waals surface area contributed by atoms with Gasteiger partial charge in [0.1, 0.15) is 0 Å². The van der Waals surface area contributed by atoms with Crippen molar-refractivity contribution in [3.63, 3.8) is 0 Å². The molecule has 1 aliphatic rings. The van der Waals surface area contributed by atoms with Gasteiger partial charge >= 0.3 is 0 Å². The van der Waals surface area contributed by atoms with Crippen molar-refractivity contribution in [1.29, 1.82) is 0 Å². The van der Waals surface area contributed by atoms with Crippen LogP contribution in [0.15, 0.2) is 60.2 Å². The van der Waals surface area contributed by atoms with E-state index < -0.39 is 0 Å². The molecule has 2 aromatic carbocycles. The van der Waals surface area contributed by atoms with Gasteiger partial charge in [0, 0.05) is 13.3 Å². The highest BCUT2D eigenvalue weighted by Gasteiger charge is 2.31. The summed E-state index contributed by atoms with van der Waals surface area (Å²) in [6, 6.07) is 16.3. The van der Waals surface area contributed by atoms with E-state index in [4.69, 9.17) is 0 Å².